The zero-order chi connectivity index (χ0) is 11.8. The predicted molar refractivity (Wildman–Crippen MR) is 42.0 cm³/mol. The van der Waals surface area contributed by atoms with Crippen LogP contribution in [-0.2, 0) is 6.18 Å². The summed E-state index contributed by atoms with van der Waals surface area (Å²) in [5.74, 6) is 0. The maximum atomic E-state index is 12.2. The van der Waals surface area contributed by atoms with Crippen LogP contribution in [0.3, 0.4) is 0 Å². The first-order chi connectivity index (χ1) is 6.75. The monoisotopic (exact) mass is 247 g/mol. The largest absolute Gasteiger partial charge is 0.421 e. The fourth-order valence-corrected chi connectivity index (χ4v) is 1.15. The number of aromatic amines is 1. The Balaban J connectivity index is 3.50. The molecule has 0 saturated carbocycles. The summed E-state index contributed by atoms with van der Waals surface area (Å²) in [5.41, 5.74) is -4.87. The second-order valence-electron chi connectivity index (χ2n) is 2.56. The van der Waals surface area contributed by atoms with Crippen molar-refractivity contribution in [3.8, 4) is 0 Å². The van der Waals surface area contributed by atoms with E-state index in [1.807, 2.05) is 0 Å². The lowest BCUT2D eigenvalue weighted by atomic mass is 10.2. The minimum Gasteiger partial charge on any atom is -0.351 e. The number of rotatable bonds is 1. The molecule has 0 aliphatic heterocycles. The minimum atomic E-state index is -4.98. The highest BCUT2D eigenvalue weighted by Crippen LogP contribution is 2.29. The first kappa shape index (κ1) is 12.0. The second kappa shape index (κ2) is 3.80. The standard InChI is InChI=1S/C7H3ClF5NO/c8-5-3(6(9)10)4(15)2(1-14-5)7(11,12)13/h1,6H,(H,14,15). The summed E-state index contributed by atoms with van der Waals surface area (Å²) in [7, 11) is 0. The summed E-state index contributed by atoms with van der Waals surface area (Å²) in [4.78, 5) is 12.7. The highest BCUT2D eigenvalue weighted by atomic mass is 35.5. The Bertz CT molecular complexity index is 424. The second-order valence-corrected chi connectivity index (χ2v) is 2.94. The molecule has 1 rings (SSSR count). The van der Waals surface area contributed by atoms with Crippen molar-refractivity contribution in [2.75, 3.05) is 0 Å². The Hall–Kier alpha value is -1.11. The smallest absolute Gasteiger partial charge is 0.351 e. The van der Waals surface area contributed by atoms with Crippen molar-refractivity contribution >= 4 is 11.6 Å². The molecule has 0 bridgehead atoms. The minimum absolute atomic E-state index is 0.260. The molecule has 0 fully saturated rings. The Labute approximate surface area is 84.7 Å². The summed E-state index contributed by atoms with van der Waals surface area (Å²) >= 11 is 5.14. The summed E-state index contributed by atoms with van der Waals surface area (Å²) < 4.78 is 60.7. The lowest BCUT2D eigenvalue weighted by molar-refractivity contribution is -0.138. The van der Waals surface area contributed by atoms with Crippen molar-refractivity contribution in [3.63, 3.8) is 0 Å². The van der Waals surface area contributed by atoms with Gasteiger partial charge in [-0.15, -0.1) is 0 Å². The zero-order valence-corrected chi connectivity index (χ0v) is 7.59. The van der Waals surface area contributed by atoms with Gasteiger partial charge >= 0.3 is 6.18 Å². The number of H-pyrrole nitrogens is 1. The van der Waals surface area contributed by atoms with Gasteiger partial charge in [0.2, 0.25) is 5.43 Å². The van der Waals surface area contributed by atoms with E-state index < -0.39 is 34.3 Å². The number of alkyl halides is 5. The molecule has 0 saturated heterocycles. The number of halogens is 6. The van der Waals surface area contributed by atoms with E-state index in [0.29, 0.717) is 0 Å². The molecule has 15 heavy (non-hydrogen) atoms. The summed E-state index contributed by atoms with van der Waals surface area (Å²) in [6, 6.07) is 0. The van der Waals surface area contributed by atoms with Crippen LogP contribution >= 0.6 is 11.6 Å². The Kier molecular flexibility index (Phi) is 3.03. The van der Waals surface area contributed by atoms with Crippen LogP contribution in [0.15, 0.2) is 11.0 Å². The van der Waals surface area contributed by atoms with Crippen molar-refractivity contribution in [1.82, 2.24) is 4.98 Å². The third kappa shape index (κ3) is 2.28. The van der Waals surface area contributed by atoms with Gasteiger partial charge in [0, 0.05) is 6.20 Å². The molecule has 1 N–H and O–H groups in total. The third-order valence-corrected chi connectivity index (χ3v) is 1.91. The first-order valence-corrected chi connectivity index (χ1v) is 3.89. The van der Waals surface area contributed by atoms with Crippen LogP contribution in [0.2, 0.25) is 5.15 Å². The van der Waals surface area contributed by atoms with Gasteiger partial charge in [-0.3, -0.25) is 4.79 Å². The number of pyridine rings is 1. The van der Waals surface area contributed by atoms with Crippen LogP contribution < -0.4 is 5.43 Å². The van der Waals surface area contributed by atoms with Gasteiger partial charge in [0.25, 0.3) is 6.43 Å². The van der Waals surface area contributed by atoms with E-state index in [1.54, 1.807) is 4.98 Å². The van der Waals surface area contributed by atoms with Gasteiger partial charge in [-0.05, 0) is 0 Å². The third-order valence-electron chi connectivity index (χ3n) is 1.59. The van der Waals surface area contributed by atoms with Gasteiger partial charge in [0.1, 0.15) is 16.3 Å². The zero-order valence-electron chi connectivity index (χ0n) is 6.83. The van der Waals surface area contributed by atoms with Gasteiger partial charge < -0.3 is 4.98 Å². The highest BCUT2D eigenvalue weighted by molar-refractivity contribution is 6.30. The van der Waals surface area contributed by atoms with Crippen LogP contribution in [0.25, 0.3) is 0 Å². The number of aromatic nitrogens is 1. The van der Waals surface area contributed by atoms with Crippen molar-refractivity contribution in [2.45, 2.75) is 12.6 Å². The molecule has 0 unspecified atom stereocenters. The van der Waals surface area contributed by atoms with E-state index in [-0.39, 0.29) is 6.20 Å². The van der Waals surface area contributed by atoms with E-state index in [2.05, 4.69) is 0 Å². The molecule has 2 nitrogen and oxygen atoms in total. The summed E-state index contributed by atoms with van der Waals surface area (Å²) in [6.07, 6.45) is -8.08. The van der Waals surface area contributed by atoms with Gasteiger partial charge in [-0.25, -0.2) is 8.78 Å². The molecule has 0 amide bonds. The average molecular weight is 248 g/mol. The quantitative estimate of drug-likeness (QED) is 0.601. The number of nitrogens with one attached hydrogen (secondary N) is 1. The summed E-state index contributed by atoms with van der Waals surface area (Å²) in [5, 5.41) is -0.789. The molecule has 1 heterocycles. The first-order valence-electron chi connectivity index (χ1n) is 3.51. The topological polar surface area (TPSA) is 32.9 Å². The lowest BCUT2D eigenvalue weighted by Crippen LogP contribution is -2.23. The molecule has 0 aromatic carbocycles. The molecule has 8 heteroatoms. The van der Waals surface area contributed by atoms with E-state index in [1.165, 1.54) is 0 Å². The van der Waals surface area contributed by atoms with E-state index in [4.69, 9.17) is 11.6 Å². The van der Waals surface area contributed by atoms with Crippen LogP contribution in [0, 0.1) is 0 Å². The van der Waals surface area contributed by atoms with Gasteiger partial charge in [-0.1, -0.05) is 11.6 Å². The molecular weight excluding hydrogens is 245 g/mol. The lowest BCUT2D eigenvalue weighted by Gasteiger charge is -2.08. The molecule has 0 aliphatic rings. The van der Waals surface area contributed by atoms with Gasteiger partial charge in [0.05, 0.1) is 0 Å². The van der Waals surface area contributed by atoms with E-state index >= 15 is 0 Å². The summed E-state index contributed by atoms with van der Waals surface area (Å²) in [6.45, 7) is 0. The molecule has 1 aromatic heterocycles. The molecule has 0 aliphatic carbocycles. The molecule has 0 spiro atoms. The number of hydrogen-bond donors (Lipinski definition) is 1. The Morgan fingerprint density at radius 2 is 1.87 bits per heavy atom. The van der Waals surface area contributed by atoms with Crippen LogP contribution in [0.1, 0.15) is 17.6 Å². The van der Waals surface area contributed by atoms with Crippen LogP contribution in [-0.4, -0.2) is 4.98 Å². The molecule has 0 radical (unpaired) electrons. The SMILES string of the molecule is O=c1c(C(F)(F)F)c[nH]c(Cl)c1C(F)F. The maximum absolute atomic E-state index is 12.2. The Morgan fingerprint density at radius 1 is 1.33 bits per heavy atom. The fourth-order valence-electron chi connectivity index (χ4n) is 0.929. The van der Waals surface area contributed by atoms with Crippen molar-refractivity contribution < 1.29 is 22.0 Å². The highest BCUT2D eigenvalue weighted by Gasteiger charge is 2.36. The maximum Gasteiger partial charge on any atom is 0.421 e. The fraction of sp³-hybridized carbons (Fsp3) is 0.286. The molecule has 1 aromatic rings. The van der Waals surface area contributed by atoms with Crippen LogP contribution in [0.4, 0.5) is 22.0 Å². The van der Waals surface area contributed by atoms with E-state index in [9.17, 15) is 26.7 Å². The van der Waals surface area contributed by atoms with Gasteiger partial charge in [-0.2, -0.15) is 13.2 Å². The molecule has 0 atom stereocenters. The van der Waals surface area contributed by atoms with Crippen molar-refractivity contribution in [1.29, 1.82) is 0 Å². The van der Waals surface area contributed by atoms with Gasteiger partial charge in [0.15, 0.2) is 0 Å². The molecule has 84 valence electrons. The molecular formula is C7H3ClF5NO. The normalized spacial score (nSPS) is 12.2. The Morgan fingerprint density at radius 3 is 2.27 bits per heavy atom. The average Bonchev–Trinajstić information content (AvgIpc) is 2.00. The van der Waals surface area contributed by atoms with Crippen LogP contribution in [0.5, 0.6) is 0 Å². The predicted octanol–water partition coefficient (Wildman–Crippen LogP) is 2.98. The van der Waals surface area contributed by atoms with Crippen molar-refractivity contribution in [2.24, 2.45) is 0 Å². The van der Waals surface area contributed by atoms with E-state index in [0.717, 1.165) is 0 Å². The van der Waals surface area contributed by atoms with Crippen molar-refractivity contribution in [3.05, 3.63) is 32.7 Å². The number of hydrogen-bond acceptors (Lipinski definition) is 1.